The van der Waals surface area contributed by atoms with E-state index in [-0.39, 0.29) is 5.78 Å². The van der Waals surface area contributed by atoms with Gasteiger partial charge in [0.25, 0.3) is 0 Å². The second kappa shape index (κ2) is 5.36. The van der Waals surface area contributed by atoms with Crippen molar-refractivity contribution in [2.75, 3.05) is 31.3 Å². The minimum absolute atomic E-state index is 0.0186. The zero-order chi connectivity index (χ0) is 11.3. The lowest BCUT2D eigenvalue weighted by Crippen LogP contribution is -2.09. The molecule has 0 saturated carbocycles. The van der Waals surface area contributed by atoms with Gasteiger partial charge in [0, 0.05) is 19.2 Å². The van der Waals surface area contributed by atoms with Crippen molar-refractivity contribution >= 4 is 17.2 Å². The van der Waals surface area contributed by atoms with E-state index < -0.39 is 0 Å². The molecule has 4 heteroatoms. The van der Waals surface area contributed by atoms with Crippen LogP contribution in [0.3, 0.4) is 0 Å². The summed E-state index contributed by atoms with van der Waals surface area (Å²) in [6, 6.07) is 5.24. The van der Waals surface area contributed by atoms with E-state index in [2.05, 4.69) is 5.32 Å². The second-order valence-corrected chi connectivity index (χ2v) is 3.28. The maximum atomic E-state index is 11.1. The number of ketones is 1. The van der Waals surface area contributed by atoms with Crippen molar-refractivity contribution in [1.29, 1.82) is 0 Å². The Balaban J connectivity index is 2.70. The van der Waals surface area contributed by atoms with Crippen molar-refractivity contribution < 1.29 is 9.53 Å². The van der Waals surface area contributed by atoms with Crippen LogP contribution in [0.5, 0.6) is 0 Å². The molecule has 0 fully saturated rings. The summed E-state index contributed by atoms with van der Waals surface area (Å²) in [6.45, 7) is 2.83. The van der Waals surface area contributed by atoms with E-state index in [1.807, 2.05) is 6.07 Å². The van der Waals surface area contributed by atoms with E-state index >= 15 is 0 Å². The van der Waals surface area contributed by atoms with Gasteiger partial charge >= 0.3 is 0 Å². The lowest BCUT2D eigenvalue weighted by molar-refractivity contribution is 0.101. The molecule has 0 aliphatic carbocycles. The van der Waals surface area contributed by atoms with Gasteiger partial charge in [0.05, 0.1) is 18.0 Å². The minimum atomic E-state index is 0.0186. The summed E-state index contributed by atoms with van der Waals surface area (Å²) in [6.07, 6.45) is 0. The summed E-state index contributed by atoms with van der Waals surface area (Å²) in [7, 11) is 1.64. The van der Waals surface area contributed by atoms with Gasteiger partial charge in [0.1, 0.15) is 0 Å². The van der Waals surface area contributed by atoms with Crippen LogP contribution in [-0.4, -0.2) is 26.0 Å². The van der Waals surface area contributed by atoms with Crippen LogP contribution in [0.2, 0.25) is 0 Å². The summed E-state index contributed by atoms with van der Waals surface area (Å²) in [5.74, 6) is 0.0186. The monoisotopic (exact) mass is 208 g/mol. The van der Waals surface area contributed by atoms with Gasteiger partial charge in [0.2, 0.25) is 0 Å². The molecule has 1 aromatic rings. The van der Waals surface area contributed by atoms with E-state index in [1.54, 1.807) is 19.2 Å². The summed E-state index contributed by atoms with van der Waals surface area (Å²) in [5, 5.41) is 3.12. The molecule has 0 aliphatic heterocycles. The predicted octanol–water partition coefficient (Wildman–Crippen LogP) is 1.53. The Morgan fingerprint density at radius 3 is 2.80 bits per heavy atom. The van der Waals surface area contributed by atoms with Crippen LogP contribution in [0.15, 0.2) is 18.2 Å². The molecule has 0 radical (unpaired) electrons. The molecule has 15 heavy (non-hydrogen) atoms. The van der Waals surface area contributed by atoms with Crippen LogP contribution in [-0.2, 0) is 4.74 Å². The molecule has 0 amide bonds. The number of hydrogen-bond donors (Lipinski definition) is 2. The van der Waals surface area contributed by atoms with Crippen LogP contribution in [0.25, 0.3) is 0 Å². The molecule has 0 saturated heterocycles. The molecule has 0 unspecified atom stereocenters. The molecule has 1 aromatic carbocycles. The molecule has 0 aromatic heterocycles. The predicted molar refractivity (Wildman–Crippen MR) is 61.2 cm³/mol. The topological polar surface area (TPSA) is 64.3 Å². The van der Waals surface area contributed by atoms with E-state index in [9.17, 15) is 4.79 Å². The Morgan fingerprint density at radius 2 is 2.27 bits per heavy atom. The summed E-state index contributed by atoms with van der Waals surface area (Å²) >= 11 is 0. The van der Waals surface area contributed by atoms with Crippen molar-refractivity contribution in [2.24, 2.45) is 0 Å². The van der Waals surface area contributed by atoms with Crippen molar-refractivity contribution in [3.05, 3.63) is 23.8 Å². The Morgan fingerprint density at radius 1 is 1.53 bits per heavy atom. The molecule has 4 nitrogen and oxygen atoms in total. The van der Waals surface area contributed by atoms with Gasteiger partial charge in [-0.25, -0.2) is 0 Å². The third-order valence-corrected chi connectivity index (χ3v) is 2.08. The number of nitrogen functional groups attached to an aromatic ring is 1. The smallest absolute Gasteiger partial charge is 0.159 e. The molecular formula is C11H16N2O2. The molecular weight excluding hydrogens is 192 g/mol. The summed E-state index contributed by atoms with van der Waals surface area (Å²) in [5.41, 5.74) is 7.83. The molecule has 0 bridgehead atoms. The third-order valence-electron chi connectivity index (χ3n) is 2.08. The SMILES string of the molecule is COCCNc1ccc(C(C)=O)cc1N. The summed E-state index contributed by atoms with van der Waals surface area (Å²) < 4.78 is 4.91. The van der Waals surface area contributed by atoms with Crippen LogP contribution >= 0.6 is 0 Å². The maximum absolute atomic E-state index is 11.1. The first-order chi connectivity index (χ1) is 7.15. The average Bonchev–Trinajstić information content (AvgIpc) is 2.20. The fourth-order valence-corrected chi connectivity index (χ4v) is 1.23. The second-order valence-electron chi connectivity index (χ2n) is 3.28. The fraction of sp³-hybridized carbons (Fsp3) is 0.364. The summed E-state index contributed by atoms with van der Waals surface area (Å²) in [4.78, 5) is 11.1. The van der Waals surface area contributed by atoms with Crippen LogP contribution < -0.4 is 11.1 Å². The molecule has 1 rings (SSSR count). The number of ether oxygens (including phenoxy) is 1. The van der Waals surface area contributed by atoms with Crippen molar-refractivity contribution in [3.8, 4) is 0 Å². The molecule has 0 heterocycles. The Kier molecular flexibility index (Phi) is 4.12. The molecule has 0 aliphatic rings. The normalized spacial score (nSPS) is 10.0. The number of carbonyl (C=O) groups excluding carboxylic acids is 1. The van der Waals surface area contributed by atoms with Crippen molar-refractivity contribution in [2.45, 2.75) is 6.92 Å². The van der Waals surface area contributed by atoms with Crippen molar-refractivity contribution in [1.82, 2.24) is 0 Å². The Hall–Kier alpha value is -1.55. The maximum Gasteiger partial charge on any atom is 0.159 e. The van der Waals surface area contributed by atoms with E-state index in [1.165, 1.54) is 6.92 Å². The highest BCUT2D eigenvalue weighted by molar-refractivity contribution is 5.95. The highest BCUT2D eigenvalue weighted by Crippen LogP contribution is 2.19. The molecule has 0 atom stereocenters. The van der Waals surface area contributed by atoms with Crippen LogP contribution in [0.1, 0.15) is 17.3 Å². The zero-order valence-corrected chi connectivity index (χ0v) is 9.04. The van der Waals surface area contributed by atoms with Gasteiger partial charge in [-0.15, -0.1) is 0 Å². The number of carbonyl (C=O) groups is 1. The van der Waals surface area contributed by atoms with Gasteiger partial charge in [-0.3, -0.25) is 4.79 Å². The van der Waals surface area contributed by atoms with E-state index in [0.29, 0.717) is 24.4 Å². The highest BCUT2D eigenvalue weighted by Gasteiger charge is 2.03. The number of benzene rings is 1. The number of methoxy groups -OCH3 is 1. The molecule has 0 spiro atoms. The highest BCUT2D eigenvalue weighted by atomic mass is 16.5. The molecule has 82 valence electrons. The number of hydrogen-bond acceptors (Lipinski definition) is 4. The van der Waals surface area contributed by atoms with Gasteiger partial charge < -0.3 is 15.8 Å². The van der Waals surface area contributed by atoms with Gasteiger partial charge in [-0.2, -0.15) is 0 Å². The van der Waals surface area contributed by atoms with Crippen molar-refractivity contribution in [3.63, 3.8) is 0 Å². The first-order valence-electron chi connectivity index (χ1n) is 4.78. The number of nitrogens with one attached hydrogen (secondary N) is 1. The lowest BCUT2D eigenvalue weighted by Gasteiger charge is -2.09. The van der Waals surface area contributed by atoms with E-state index in [4.69, 9.17) is 10.5 Å². The van der Waals surface area contributed by atoms with Gasteiger partial charge in [-0.05, 0) is 25.1 Å². The quantitative estimate of drug-likeness (QED) is 0.437. The Bertz CT molecular complexity index is 350. The first-order valence-corrected chi connectivity index (χ1v) is 4.78. The minimum Gasteiger partial charge on any atom is -0.397 e. The van der Waals surface area contributed by atoms with Gasteiger partial charge in [-0.1, -0.05) is 0 Å². The number of nitrogens with two attached hydrogens (primary N) is 1. The van der Waals surface area contributed by atoms with Crippen LogP contribution in [0.4, 0.5) is 11.4 Å². The van der Waals surface area contributed by atoms with Gasteiger partial charge in [0.15, 0.2) is 5.78 Å². The Labute approximate surface area is 89.4 Å². The largest absolute Gasteiger partial charge is 0.397 e. The first kappa shape index (κ1) is 11.5. The number of rotatable bonds is 5. The zero-order valence-electron chi connectivity index (χ0n) is 9.04. The average molecular weight is 208 g/mol. The fourth-order valence-electron chi connectivity index (χ4n) is 1.23. The standard InChI is InChI=1S/C11H16N2O2/c1-8(14)9-3-4-11(10(12)7-9)13-5-6-15-2/h3-4,7,13H,5-6,12H2,1-2H3. The third kappa shape index (κ3) is 3.25. The number of anilines is 2. The number of Topliss-reactive ketones (excluding diaryl/α,β-unsaturated/α-hetero) is 1. The van der Waals surface area contributed by atoms with Crippen LogP contribution in [0, 0.1) is 0 Å². The van der Waals surface area contributed by atoms with E-state index in [0.717, 1.165) is 5.69 Å². The molecule has 3 N–H and O–H groups in total. The lowest BCUT2D eigenvalue weighted by atomic mass is 10.1.